The lowest BCUT2D eigenvalue weighted by molar-refractivity contribution is 0.395. The zero-order chi connectivity index (χ0) is 16.9. The Hall–Kier alpha value is -2.82. The van der Waals surface area contributed by atoms with Crippen molar-refractivity contribution >= 4 is 0 Å². The topological polar surface area (TPSA) is 60.0 Å². The summed E-state index contributed by atoms with van der Waals surface area (Å²) in [6, 6.07) is 12.0. The van der Waals surface area contributed by atoms with Crippen LogP contribution in [0.25, 0.3) is 0 Å². The number of aryl methyl sites for hydroxylation is 1. The number of aromatic nitrogens is 3. The number of pyridine rings is 1. The molecular weight excluding hydrogens is 302 g/mol. The van der Waals surface area contributed by atoms with Crippen LogP contribution in [-0.4, -0.2) is 29.2 Å². The fourth-order valence-corrected chi connectivity index (χ4v) is 2.97. The van der Waals surface area contributed by atoms with Crippen LogP contribution in [0.3, 0.4) is 0 Å². The SMILES string of the molecule is COc1cccc(C[C@H](c2cnc[nH]2)c2cccc(C)c2OC)n1. The van der Waals surface area contributed by atoms with Crippen molar-refractivity contribution in [2.45, 2.75) is 19.3 Å². The average molecular weight is 323 g/mol. The van der Waals surface area contributed by atoms with E-state index in [0.717, 1.165) is 34.7 Å². The summed E-state index contributed by atoms with van der Waals surface area (Å²) in [5.41, 5.74) is 4.21. The molecule has 2 heterocycles. The molecule has 24 heavy (non-hydrogen) atoms. The van der Waals surface area contributed by atoms with E-state index in [0.29, 0.717) is 5.88 Å². The van der Waals surface area contributed by atoms with Crippen LogP contribution >= 0.6 is 0 Å². The van der Waals surface area contributed by atoms with Gasteiger partial charge < -0.3 is 14.5 Å². The van der Waals surface area contributed by atoms with Crippen molar-refractivity contribution in [3.05, 3.63) is 71.4 Å². The Morgan fingerprint density at radius 2 is 1.92 bits per heavy atom. The van der Waals surface area contributed by atoms with Crippen LogP contribution in [0.5, 0.6) is 11.6 Å². The molecule has 2 aromatic heterocycles. The largest absolute Gasteiger partial charge is 0.496 e. The van der Waals surface area contributed by atoms with Gasteiger partial charge in [0.1, 0.15) is 5.75 Å². The van der Waals surface area contributed by atoms with Gasteiger partial charge in [-0.1, -0.05) is 24.3 Å². The minimum atomic E-state index is 0.0713. The van der Waals surface area contributed by atoms with E-state index in [1.54, 1.807) is 20.5 Å². The molecule has 0 aliphatic rings. The third-order valence-electron chi connectivity index (χ3n) is 4.12. The second kappa shape index (κ2) is 7.17. The lowest BCUT2D eigenvalue weighted by atomic mass is 9.89. The fourth-order valence-electron chi connectivity index (χ4n) is 2.97. The van der Waals surface area contributed by atoms with Gasteiger partial charge in [-0.3, -0.25) is 0 Å². The zero-order valence-electron chi connectivity index (χ0n) is 14.1. The maximum absolute atomic E-state index is 5.66. The number of imidazole rings is 1. The van der Waals surface area contributed by atoms with Gasteiger partial charge in [0.25, 0.3) is 0 Å². The van der Waals surface area contributed by atoms with Crippen LogP contribution in [0.15, 0.2) is 48.9 Å². The van der Waals surface area contributed by atoms with Crippen LogP contribution in [0.2, 0.25) is 0 Å². The number of rotatable bonds is 6. The van der Waals surface area contributed by atoms with Crippen LogP contribution in [0.4, 0.5) is 0 Å². The van der Waals surface area contributed by atoms with Gasteiger partial charge in [-0.25, -0.2) is 9.97 Å². The number of benzene rings is 1. The second-order valence-electron chi connectivity index (χ2n) is 5.63. The average Bonchev–Trinajstić information content (AvgIpc) is 3.14. The lowest BCUT2D eigenvalue weighted by Gasteiger charge is -2.20. The Balaban J connectivity index is 2.03. The van der Waals surface area contributed by atoms with E-state index in [2.05, 4.69) is 40.1 Å². The maximum Gasteiger partial charge on any atom is 0.213 e. The molecule has 1 N–H and O–H groups in total. The molecule has 0 aliphatic carbocycles. The number of nitrogens with one attached hydrogen (secondary N) is 1. The minimum absolute atomic E-state index is 0.0713. The van der Waals surface area contributed by atoms with Gasteiger partial charge in [0.05, 0.1) is 20.5 Å². The Bertz CT molecular complexity index is 800. The number of aromatic amines is 1. The van der Waals surface area contributed by atoms with Crippen molar-refractivity contribution in [3.8, 4) is 11.6 Å². The van der Waals surface area contributed by atoms with E-state index in [9.17, 15) is 0 Å². The highest BCUT2D eigenvalue weighted by atomic mass is 16.5. The summed E-state index contributed by atoms with van der Waals surface area (Å²) in [5, 5.41) is 0. The minimum Gasteiger partial charge on any atom is -0.496 e. The third kappa shape index (κ3) is 3.25. The molecule has 124 valence electrons. The summed E-state index contributed by atoms with van der Waals surface area (Å²) in [6.07, 6.45) is 4.27. The van der Waals surface area contributed by atoms with Gasteiger partial charge in [-0.15, -0.1) is 0 Å². The van der Waals surface area contributed by atoms with Gasteiger partial charge in [-0.05, 0) is 18.6 Å². The van der Waals surface area contributed by atoms with E-state index >= 15 is 0 Å². The van der Waals surface area contributed by atoms with Gasteiger partial charge in [0.15, 0.2) is 0 Å². The first-order valence-electron chi connectivity index (χ1n) is 7.84. The van der Waals surface area contributed by atoms with Gasteiger partial charge in [-0.2, -0.15) is 0 Å². The molecule has 0 radical (unpaired) electrons. The molecule has 5 nitrogen and oxygen atoms in total. The Kier molecular flexibility index (Phi) is 4.79. The molecule has 0 aliphatic heterocycles. The second-order valence-corrected chi connectivity index (χ2v) is 5.63. The molecule has 5 heteroatoms. The lowest BCUT2D eigenvalue weighted by Crippen LogP contribution is -2.09. The molecule has 0 amide bonds. The quantitative estimate of drug-likeness (QED) is 0.754. The fraction of sp³-hybridized carbons (Fsp3) is 0.263. The number of H-pyrrole nitrogens is 1. The summed E-state index contributed by atoms with van der Waals surface area (Å²) in [4.78, 5) is 12.0. The van der Waals surface area contributed by atoms with E-state index in [4.69, 9.17) is 9.47 Å². The molecule has 0 spiro atoms. The van der Waals surface area contributed by atoms with Crippen molar-refractivity contribution in [1.82, 2.24) is 15.0 Å². The number of hydrogen-bond acceptors (Lipinski definition) is 4. The number of para-hydroxylation sites is 1. The summed E-state index contributed by atoms with van der Waals surface area (Å²) in [6.45, 7) is 2.05. The number of ether oxygens (including phenoxy) is 2. The van der Waals surface area contributed by atoms with Gasteiger partial charge in [0, 0.05) is 41.6 Å². The molecule has 1 aromatic carbocycles. The third-order valence-corrected chi connectivity index (χ3v) is 4.12. The first-order chi connectivity index (χ1) is 11.7. The predicted octanol–water partition coefficient (Wildman–Crippen LogP) is 3.50. The first kappa shape index (κ1) is 16.1. The van der Waals surface area contributed by atoms with Crippen molar-refractivity contribution in [3.63, 3.8) is 0 Å². The molecular formula is C19H21N3O2. The smallest absolute Gasteiger partial charge is 0.213 e. The standard InChI is InChI=1S/C19H21N3O2/c1-13-6-4-8-15(19(13)24-3)16(17-11-20-12-21-17)10-14-7-5-9-18(22-14)23-2/h4-9,11-12,16H,10H2,1-3H3,(H,20,21)/t16-/m0/s1. The number of nitrogens with zero attached hydrogens (tertiary/aromatic N) is 2. The Labute approximate surface area is 141 Å². The molecule has 3 rings (SSSR count). The van der Waals surface area contributed by atoms with Crippen molar-refractivity contribution in [2.24, 2.45) is 0 Å². The summed E-state index contributed by atoms with van der Waals surface area (Å²) in [5.74, 6) is 1.59. The van der Waals surface area contributed by atoms with Gasteiger partial charge >= 0.3 is 0 Å². The van der Waals surface area contributed by atoms with Crippen molar-refractivity contribution < 1.29 is 9.47 Å². The normalized spacial score (nSPS) is 12.0. The van der Waals surface area contributed by atoms with E-state index in [-0.39, 0.29) is 5.92 Å². The molecule has 0 fully saturated rings. The highest BCUT2D eigenvalue weighted by Crippen LogP contribution is 2.35. The van der Waals surface area contributed by atoms with Crippen LogP contribution in [0.1, 0.15) is 28.4 Å². The zero-order valence-corrected chi connectivity index (χ0v) is 14.1. The van der Waals surface area contributed by atoms with E-state index < -0.39 is 0 Å². The number of hydrogen-bond donors (Lipinski definition) is 1. The van der Waals surface area contributed by atoms with E-state index in [1.807, 2.05) is 24.4 Å². The maximum atomic E-state index is 5.66. The molecule has 3 aromatic rings. The highest BCUT2D eigenvalue weighted by molar-refractivity contribution is 5.46. The van der Waals surface area contributed by atoms with Crippen LogP contribution < -0.4 is 9.47 Å². The molecule has 0 unspecified atom stereocenters. The Morgan fingerprint density at radius 1 is 1.08 bits per heavy atom. The monoisotopic (exact) mass is 323 g/mol. The van der Waals surface area contributed by atoms with Gasteiger partial charge in [0.2, 0.25) is 5.88 Å². The Morgan fingerprint density at radius 3 is 2.62 bits per heavy atom. The predicted molar refractivity (Wildman–Crippen MR) is 92.7 cm³/mol. The molecule has 0 bridgehead atoms. The molecule has 0 saturated heterocycles. The van der Waals surface area contributed by atoms with E-state index in [1.165, 1.54) is 0 Å². The summed E-state index contributed by atoms with van der Waals surface area (Å²) < 4.78 is 10.9. The van der Waals surface area contributed by atoms with Crippen molar-refractivity contribution in [2.75, 3.05) is 14.2 Å². The molecule has 0 saturated carbocycles. The summed E-state index contributed by atoms with van der Waals surface area (Å²) in [7, 11) is 3.34. The van der Waals surface area contributed by atoms with Crippen LogP contribution in [0, 0.1) is 6.92 Å². The first-order valence-corrected chi connectivity index (χ1v) is 7.84. The van der Waals surface area contributed by atoms with Crippen molar-refractivity contribution in [1.29, 1.82) is 0 Å². The highest BCUT2D eigenvalue weighted by Gasteiger charge is 2.22. The molecule has 1 atom stereocenters. The number of methoxy groups -OCH3 is 2. The summed E-state index contributed by atoms with van der Waals surface area (Å²) >= 11 is 0. The van der Waals surface area contributed by atoms with Crippen LogP contribution in [-0.2, 0) is 6.42 Å².